The fourth-order valence-corrected chi connectivity index (χ4v) is 1.79. The molecule has 12 heavy (non-hydrogen) atoms. The number of carbonyl (C=O) groups is 1. The van der Waals surface area contributed by atoms with Gasteiger partial charge in [0.2, 0.25) is 5.91 Å². The second-order valence-electron chi connectivity index (χ2n) is 3.83. The van der Waals surface area contributed by atoms with Crippen molar-refractivity contribution in [2.75, 3.05) is 13.1 Å². The minimum absolute atomic E-state index is 0.380. The number of carbonyl (C=O) groups excluding carboxylic acids is 1. The molecule has 1 aliphatic carbocycles. The normalized spacial score (nSPS) is 28.4. The van der Waals surface area contributed by atoms with Gasteiger partial charge in [-0.3, -0.25) is 4.79 Å². The van der Waals surface area contributed by atoms with Crippen LogP contribution < -0.4 is 5.73 Å². The van der Waals surface area contributed by atoms with Crippen LogP contribution in [0.5, 0.6) is 0 Å². The third-order valence-corrected chi connectivity index (χ3v) is 2.85. The average Bonchev–Trinajstić information content (AvgIpc) is 2.79. The van der Waals surface area contributed by atoms with Gasteiger partial charge < -0.3 is 10.6 Å². The summed E-state index contributed by atoms with van der Waals surface area (Å²) in [7, 11) is 0. The SMILES string of the molecule is NCCC1CCN1C(=O)C1CC1. The Morgan fingerprint density at radius 1 is 1.42 bits per heavy atom. The number of nitrogens with zero attached hydrogens (tertiary/aromatic N) is 1. The molecule has 1 amide bonds. The summed E-state index contributed by atoms with van der Waals surface area (Å²) in [6.45, 7) is 1.68. The Hall–Kier alpha value is -0.570. The largest absolute Gasteiger partial charge is 0.339 e. The number of nitrogens with two attached hydrogens (primary N) is 1. The third kappa shape index (κ3) is 1.33. The lowest BCUT2D eigenvalue weighted by atomic mass is 9.99. The fraction of sp³-hybridized carbons (Fsp3) is 0.889. The van der Waals surface area contributed by atoms with E-state index in [9.17, 15) is 4.79 Å². The summed E-state index contributed by atoms with van der Waals surface area (Å²) < 4.78 is 0. The molecule has 1 heterocycles. The highest BCUT2D eigenvalue weighted by molar-refractivity contribution is 5.82. The van der Waals surface area contributed by atoms with E-state index in [4.69, 9.17) is 5.73 Å². The van der Waals surface area contributed by atoms with Crippen molar-refractivity contribution in [3.05, 3.63) is 0 Å². The van der Waals surface area contributed by atoms with Crippen LogP contribution in [0.1, 0.15) is 25.7 Å². The van der Waals surface area contributed by atoms with Crippen LogP contribution in [0.4, 0.5) is 0 Å². The standard InChI is InChI=1S/C9H16N2O/c10-5-3-8-4-6-11(8)9(12)7-1-2-7/h7-8H,1-6,10H2. The summed E-state index contributed by atoms with van der Waals surface area (Å²) in [4.78, 5) is 13.6. The molecule has 3 nitrogen and oxygen atoms in total. The van der Waals surface area contributed by atoms with Gasteiger partial charge in [0.05, 0.1) is 0 Å². The molecule has 0 aromatic rings. The first-order chi connectivity index (χ1) is 5.83. The average molecular weight is 168 g/mol. The van der Waals surface area contributed by atoms with Crippen molar-refractivity contribution < 1.29 is 4.79 Å². The van der Waals surface area contributed by atoms with E-state index in [-0.39, 0.29) is 0 Å². The predicted octanol–water partition coefficient (Wildman–Crippen LogP) is 0.346. The molecule has 68 valence electrons. The molecule has 1 saturated heterocycles. The maximum absolute atomic E-state index is 11.6. The van der Waals surface area contributed by atoms with Crippen LogP contribution in [0, 0.1) is 5.92 Å². The zero-order valence-corrected chi connectivity index (χ0v) is 7.33. The van der Waals surface area contributed by atoms with Crippen LogP contribution in [0.2, 0.25) is 0 Å². The Kier molecular flexibility index (Phi) is 2.05. The number of likely N-dealkylation sites (tertiary alicyclic amines) is 1. The molecule has 0 bridgehead atoms. The highest BCUT2D eigenvalue weighted by atomic mass is 16.2. The molecule has 3 heteroatoms. The summed E-state index contributed by atoms with van der Waals surface area (Å²) in [5.41, 5.74) is 5.46. The third-order valence-electron chi connectivity index (χ3n) is 2.85. The molecule has 2 rings (SSSR count). The maximum Gasteiger partial charge on any atom is 0.225 e. The van der Waals surface area contributed by atoms with Gasteiger partial charge in [-0.25, -0.2) is 0 Å². The molecule has 0 aromatic heterocycles. The van der Waals surface area contributed by atoms with Gasteiger partial charge in [-0.05, 0) is 32.2 Å². The molecule has 1 unspecified atom stereocenters. The van der Waals surface area contributed by atoms with Crippen molar-refractivity contribution in [3.8, 4) is 0 Å². The van der Waals surface area contributed by atoms with Gasteiger partial charge in [-0.2, -0.15) is 0 Å². The second-order valence-corrected chi connectivity index (χ2v) is 3.83. The molecule has 2 N–H and O–H groups in total. The highest BCUT2D eigenvalue weighted by Crippen LogP contribution is 2.34. The molecule has 1 atom stereocenters. The van der Waals surface area contributed by atoms with Crippen molar-refractivity contribution >= 4 is 5.91 Å². The Morgan fingerprint density at radius 3 is 2.58 bits per heavy atom. The molecular formula is C9H16N2O. The van der Waals surface area contributed by atoms with Gasteiger partial charge >= 0.3 is 0 Å². The lowest BCUT2D eigenvalue weighted by Crippen LogP contribution is -2.52. The minimum Gasteiger partial charge on any atom is -0.339 e. The van der Waals surface area contributed by atoms with Crippen LogP contribution in [-0.2, 0) is 4.79 Å². The van der Waals surface area contributed by atoms with Gasteiger partial charge in [-0.15, -0.1) is 0 Å². The number of hydrogen-bond donors (Lipinski definition) is 1. The van der Waals surface area contributed by atoms with Crippen LogP contribution >= 0.6 is 0 Å². The van der Waals surface area contributed by atoms with Gasteiger partial charge in [0.15, 0.2) is 0 Å². The van der Waals surface area contributed by atoms with E-state index < -0.39 is 0 Å². The summed E-state index contributed by atoms with van der Waals surface area (Å²) in [6.07, 6.45) is 4.38. The monoisotopic (exact) mass is 168 g/mol. The predicted molar refractivity (Wildman–Crippen MR) is 46.5 cm³/mol. The van der Waals surface area contributed by atoms with E-state index in [0.29, 0.717) is 24.4 Å². The van der Waals surface area contributed by atoms with Gasteiger partial charge in [0, 0.05) is 18.5 Å². The van der Waals surface area contributed by atoms with Crippen molar-refractivity contribution in [3.63, 3.8) is 0 Å². The van der Waals surface area contributed by atoms with Gasteiger partial charge in [0.25, 0.3) is 0 Å². The van der Waals surface area contributed by atoms with E-state index in [2.05, 4.69) is 0 Å². The van der Waals surface area contributed by atoms with Gasteiger partial charge in [0.1, 0.15) is 0 Å². The Labute approximate surface area is 72.9 Å². The summed E-state index contributed by atoms with van der Waals surface area (Å²) >= 11 is 0. The van der Waals surface area contributed by atoms with Crippen LogP contribution in [0.25, 0.3) is 0 Å². The molecule has 1 saturated carbocycles. The van der Waals surface area contributed by atoms with E-state index in [0.717, 1.165) is 32.2 Å². The molecule has 1 aliphatic heterocycles. The summed E-state index contributed by atoms with van der Waals surface area (Å²) in [6, 6.07) is 0.475. The summed E-state index contributed by atoms with van der Waals surface area (Å²) in [5, 5.41) is 0. The first-order valence-electron chi connectivity index (χ1n) is 4.83. The highest BCUT2D eigenvalue weighted by Gasteiger charge is 2.39. The van der Waals surface area contributed by atoms with E-state index in [1.54, 1.807) is 0 Å². The first kappa shape index (κ1) is 8.05. The van der Waals surface area contributed by atoms with Crippen LogP contribution in [0.3, 0.4) is 0 Å². The Balaban J connectivity index is 1.83. The molecule has 0 aromatic carbocycles. The number of amides is 1. The topological polar surface area (TPSA) is 46.3 Å². The number of hydrogen-bond acceptors (Lipinski definition) is 2. The number of rotatable bonds is 3. The van der Waals surface area contributed by atoms with Crippen molar-refractivity contribution in [1.82, 2.24) is 4.90 Å². The quantitative estimate of drug-likeness (QED) is 0.660. The fourth-order valence-electron chi connectivity index (χ4n) is 1.79. The zero-order valence-electron chi connectivity index (χ0n) is 7.33. The molecule has 2 aliphatic rings. The first-order valence-corrected chi connectivity index (χ1v) is 4.83. The molecule has 0 radical (unpaired) electrons. The zero-order chi connectivity index (χ0) is 8.55. The Bertz CT molecular complexity index is 189. The summed E-state index contributed by atoms with van der Waals surface area (Å²) in [5.74, 6) is 0.769. The van der Waals surface area contributed by atoms with E-state index in [1.807, 2.05) is 4.90 Å². The van der Waals surface area contributed by atoms with E-state index in [1.165, 1.54) is 0 Å². The minimum atomic E-state index is 0.380. The van der Waals surface area contributed by atoms with Crippen molar-refractivity contribution in [2.45, 2.75) is 31.7 Å². The molecular weight excluding hydrogens is 152 g/mol. The van der Waals surface area contributed by atoms with Crippen molar-refractivity contribution in [2.24, 2.45) is 11.7 Å². The lowest BCUT2D eigenvalue weighted by Gasteiger charge is -2.41. The second kappa shape index (κ2) is 3.05. The van der Waals surface area contributed by atoms with Gasteiger partial charge in [-0.1, -0.05) is 0 Å². The van der Waals surface area contributed by atoms with E-state index >= 15 is 0 Å². The van der Waals surface area contributed by atoms with Crippen molar-refractivity contribution in [1.29, 1.82) is 0 Å². The maximum atomic E-state index is 11.6. The lowest BCUT2D eigenvalue weighted by molar-refractivity contribution is -0.140. The van der Waals surface area contributed by atoms with Crippen LogP contribution in [-0.4, -0.2) is 29.9 Å². The Morgan fingerprint density at radius 2 is 2.17 bits per heavy atom. The molecule has 0 spiro atoms. The molecule has 2 fully saturated rings. The van der Waals surface area contributed by atoms with Crippen LogP contribution in [0.15, 0.2) is 0 Å². The smallest absolute Gasteiger partial charge is 0.225 e.